The fourth-order valence-electron chi connectivity index (χ4n) is 4.17. The van der Waals surface area contributed by atoms with Crippen LogP contribution in [0.4, 0.5) is 11.4 Å². The standard InChI is InChI=1S/C25H36N4O3S/c1-6-14-32-18-21(15-19(3)4)28(5)33(30,31)22-10-8-20(9-11-22)17-29-24-12-13-26-16-23(24)27-25(29)7-2/h6,8-13,16,19,21,25,27H,1,7,14-15,17-18H2,2-5H3/t21-,25?/m1/s1. The number of ether oxygens (including phenoxy) is 1. The number of benzene rings is 1. The van der Waals surface area contributed by atoms with Gasteiger partial charge in [0, 0.05) is 25.8 Å². The number of aromatic nitrogens is 1. The maximum atomic E-state index is 13.3. The van der Waals surface area contributed by atoms with E-state index in [1.165, 1.54) is 4.31 Å². The van der Waals surface area contributed by atoms with Crippen molar-refractivity contribution in [2.45, 2.75) is 57.3 Å². The summed E-state index contributed by atoms with van der Waals surface area (Å²) in [4.78, 5) is 6.79. The molecule has 2 aromatic rings. The molecule has 0 amide bonds. The van der Waals surface area contributed by atoms with E-state index in [1.54, 1.807) is 31.5 Å². The number of fused-ring (bicyclic) bond motifs is 1. The molecule has 1 aromatic carbocycles. The molecular formula is C25H36N4O3S. The van der Waals surface area contributed by atoms with Gasteiger partial charge in [-0.2, -0.15) is 4.31 Å². The van der Waals surface area contributed by atoms with Crippen LogP contribution >= 0.6 is 0 Å². The van der Waals surface area contributed by atoms with Gasteiger partial charge in [-0.25, -0.2) is 8.42 Å². The summed E-state index contributed by atoms with van der Waals surface area (Å²) < 4.78 is 33.7. The fourth-order valence-corrected chi connectivity index (χ4v) is 5.52. The van der Waals surface area contributed by atoms with Crippen molar-refractivity contribution in [3.8, 4) is 0 Å². The summed E-state index contributed by atoms with van der Waals surface area (Å²) in [6.07, 6.45) is 7.16. The van der Waals surface area contributed by atoms with E-state index in [-0.39, 0.29) is 12.2 Å². The van der Waals surface area contributed by atoms with E-state index < -0.39 is 10.0 Å². The summed E-state index contributed by atoms with van der Waals surface area (Å²) in [5.41, 5.74) is 3.19. The molecule has 1 aliphatic heterocycles. The number of rotatable bonds is 12. The van der Waals surface area contributed by atoms with Gasteiger partial charge in [0.2, 0.25) is 10.0 Å². The third kappa shape index (κ3) is 5.93. The van der Waals surface area contributed by atoms with Gasteiger partial charge < -0.3 is 15.0 Å². The van der Waals surface area contributed by atoms with Gasteiger partial charge >= 0.3 is 0 Å². The highest BCUT2D eigenvalue weighted by Gasteiger charge is 2.30. The Balaban J connectivity index is 1.75. The van der Waals surface area contributed by atoms with Crippen molar-refractivity contribution in [1.29, 1.82) is 0 Å². The average Bonchev–Trinajstić information content (AvgIpc) is 3.15. The zero-order valence-corrected chi connectivity index (χ0v) is 20.9. The van der Waals surface area contributed by atoms with Crippen LogP contribution in [0.2, 0.25) is 0 Å². The smallest absolute Gasteiger partial charge is 0.243 e. The minimum Gasteiger partial charge on any atom is -0.376 e. The van der Waals surface area contributed by atoms with E-state index >= 15 is 0 Å². The van der Waals surface area contributed by atoms with Gasteiger partial charge in [-0.15, -0.1) is 6.58 Å². The van der Waals surface area contributed by atoms with Gasteiger partial charge in [-0.05, 0) is 42.5 Å². The van der Waals surface area contributed by atoms with Crippen LogP contribution in [0.5, 0.6) is 0 Å². The van der Waals surface area contributed by atoms with E-state index in [0.29, 0.717) is 30.6 Å². The summed E-state index contributed by atoms with van der Waals surface area (Å²) in [5.74, 6) is 0.348. The third-order valence-corrected chi connectivity index (χ3v) is 7.87. The Kier molecular flexibility index (Phi) is 8.51. The Bertz CT molecular complexity index is 1020. The van der Waals surface area contributed by atoms with Gasteiger partial charge in [-0.3, -0.25) is 4.98 Å². The number of nitrogens with zero attached hydrogens (tertiary/aromatic N) is 3. The molecule has 8 heteroatoms. The van der Waals surface area contributed by atoms with Crippen LogP contribution in [0.15, 0.2) is 60.3 Å². The lowest BCUT2D eigenvalue weighted by molar-refractivity contribution is 0.106. The second-order valence-corrected chi connectivity index (χ2v) is 10.9. The normalized spacial score (nSPS) is 16.7. The lowest BCUT2D eigenvalue weighted by Crippen LogP contribution is -2.41. The number of sulfonamides is 1. The van der Waals surface area contributed by atoms with Crippen LogP contribution < -0.4 is 10.2 Å². The third-order valence-electron chi connectivity index (χ3n) is 5.95. The molecule has 0 saturated heterocycles. The lowest BCUT2D eigenvalue weighted by atomic mass is 10.0. The molecule has 7 nitrogen and oxygen atoms in total. The highest BCUT2D eigenvalue weighted by molar-refractivity contribution is 7.89. The molecule has 0 radical (unpaired) electrons. The molecule has 33 heavy (non-hydrogen) atoms. The molecule has 3 rings (SSSR count). The van der Waals surface area contributed by atoms with Gasteiger partial charge in [0.15, 0.2) is 0 Å². The molecule has 1 N–H and O–H groups in total. The molecule has 2 atom stereocenters. The second-order valence-electron chi connectivity index (χ2n) is 8.86. The molecule has 1 aromatic heterocycles. The van der Waals surface area contributed by atoms with Crippen LogP contribution in [0.1, 0.15) is 39.2 Å². The van der Waals surface area contributed by atoms with E-state index in [4.69, 9.17) is 4.74 Å². The minimum absolute atomic E-state index is 0.186. The Morgan fingerprint density at radius 2 is 2.00 bits per heavy atom. The van der Waals surface area contributed by atoms with Crippen molar-refractivity contribution in [2.75, 3.05) is 30.5 Å². The highest BCUT2D eigenvalue weighted by Crippen LogP contribution is 2.35. The SMILES string of the molecule is C=CCOC[C@@H](CC(C)C)N(C)S(=O)(=O)c1ccc(CN2c3ccncc3NC2CC)cc1. The van der Waals surface area contributed by atoms with E-state index in [0.717, 1.165) is 29.8 Å². The van der Waals surface area contributed by atoms with Crippen molar-refractivity contribution in [2.24, 2.45) is 5.92 Å². The molecule has 0 bridgehead atoms. The Labute approximate surface area is 198 Å². The number of hydrogen-bond donors (Lipinski definition) is 1. The van der Waals surface area contributed by atoms with Crippen molar-refractivity contribution >= 4 is 21.4 Å². The van der Waals surface area contributed by atoms with Crippen LogP contribution in [0, 0.1) is 5.92 Å². The highest BCUT2D eigenvalue weighted by atomic mass is 32.2. The minimum atomic E-state index is -3.64. The maximum absolute atomic E-state index is 13.3. The Morgan fingerprint density at radius 3 is 2.64 bits per heavy atom. The largest absolute Gasteiger partial charge is 0.376 e. The van der Waals surface area contributed by atoms with Crippen molar-refractivity contribution in [3.63, 3.8) is 0 Å². The number of pyridine rings is 1. The Hall–Kier alpha value is -2.42. The van der Waals surface area contributed by atoms with Crippen LogP contribution in [0.3, 0.4) is 0 Å². The van der Waals surface area contributed by atoms with Gasteiger partial charge in [-0.1, -0.05) is 39.0 Å². The zero-order chi connectivity index (χ0) is 24.0. The predicted octanol–water partition coefficient (Wildman–Crippen LogP) is 4.49. The van der Waals surface area contributed by atoms with Gasteiger partial charge in [0.25, 0.3) is 0 Å². The Morgan fingerprint density at radius 1 is 1.27 bits per heavy atom. The summed E-state index contributed by atoms with van der Waals surface area (Å²) >= 11 is 0. The molecule has 1 aliphatic rings. The van der Waals surface area contributed by atoms with E-state index in [9.17, 15) is 8.42 Å². The number of likely N-dealkylation sites (N-methyl/N-ethyl adjacent to an activating group) is 1. The van der Waals surface area contributed by atoms with Crippen molar-refractivity contribution in [1.82, 2.24) is 9.29 Å². The first-order valence-electron chi connectivity index (χ1n) is 11.5. The predicted molar refractivity (Wildman–Crippen MR) is 134 cm³/mol. The average molecular weight is 473 g/mol. The maximum Gasteiger partial charge on any atom is 0.243 e. The molecule has 1 unspecified atom stereocenters. The zero-order valence-electron chi connectivity index (χ0n) is 20.1. The van der Waals surface area contributed by atoms with E-state index in [1.807, 2.05) is 24.4 Å². The first-order chi connectivity index (χ1) is 15.8. The summed E-state index contributed by atoms with van der Waals surface area (Å²) in [5, 5.41) is 3.50. The van der Waals surface area contributed by atoms with E-state index in [2.05, 4.69) is 42.6 Å². The number of nitrogens with one attached hydrogen (secondary N) is 1. The molecule has 0 spiro atoms. The second kappa shape index (κ2) is 11.1. The van der Waals surface area contributed by atoms with Gasteiger partial charge in [0.1, 0.15) is 0 Å². The number of hydrogen-bond acceptors (Lipinski definition) is 6. The molecule has 0 saturated carbocycles. The molecular weight excluding hydrogens is 436 g/mol. The number of anilines is 2. The van der Waals surface area contributed by atoms with Crippen LogP contribution in [-0.2, 0) is 21.3 Å². The monoisotopic (exact) mass is 472 g/mol. The van der Waals surface area contributed by atoms with Gasteiger partial charge in [0.05, 0.1) is 41.8 Å². The first kappa shape index (κ1) is 25.2. The van der Waals surface area contributed by atoms with Crippen LogP contribution in [-0.4, -0.2) is 50.2 Å². The summed E-state index contributed by atoms with van der Waals surface area (Å²) in [6.45, 7) is 11.4. The summed E-state index contributed by atoms with van der Waals surface area (Å²) in [7, 11) is -2.00. The molecule has 2 heterocycles. The van der Waals surface area contributed by atoms with Crippen LogP contribution in [0.25, 0.3) is 0 Å². The summed E-state index contributed by atoms with van der Waals surface area (Å²) in [6, 6.07) is 8.98. The topological polar surface area (TPSA) is 74.8 Å². The molecule has 0 fully saturated rings. The first-order valence-corrected chi connectivity index (χ1v) is 12.9. The molecule has 0 aliphatic carbocycles. The van der Waals surface area contributed by atoms with Crippen molar-refractivity contribution < 1.29 is 13.2 Å². The quantitative estimate of drug-likeness (QED) is 0.362. The molecule has 180 valence electrons. The fraction of sp³-hybridized carbons (Fsp3) is 0.480. The lowest BCUT2D eigenvalue weighted by Gasteiger charge is -2.29. The van der Waals surface area contributed by atoms with Crippen molar-refractivity contribution in [3.05, 3.63) is 60.9 Å².